The number of nitrogens with two attached hydrogens (primary N) is 2. The van der Waals surface area contributed by atoms with E-state index in [2.05, 4.69) is 4.52 Å². The lowest BCUT2D eigenvalue weighted by Gasteiger charge is -2.21. The van der Waals surface area contributed by atoms with Gasteiger partial charge < -0.3 is 26.4 Å². The van der Waals surface area contributed by atoms with Crippen LogP contribution in [-0.4, -0.2) is 39.6 Å². The predicted octanol–water partition coefficient (Wildman–Crippen LogP) is -1.38. The number of hydrogen-bond donors (Lipinski definition) is 5. The minimum atomic E-state index is -4.74. The Morgan fingerprint density at radius 1 is 1.47 bits per heavy atom. The summed E-state index contributed by atoms with van der Waals surface area (Å²) in [5.74, 6) is -1.38. The molecule has 1 unspecified atom stereocenters. The molecule has 0 aliphatic rings. The highest BCUT2D eigenvalue weighted by Crippen LogP contribution is 2.39. The van der Waals surface area contributed by atoms with Gasteiger partial charge in [0, 0.05) is 0 Å². The van der Waals surface area contributed by atoms with Crippen molar-refractivity contribution in [2.24, 2.45) is 11.5 Å². The summed E-state index contributed by atoms with van der Waals surface area (Å²) >= 11 is 0. The fourth-order valence-corrected chi connectivity index (χ4v) is 1.54. The van der Waals surface area contributed by atoms with Gasteiger partial charge in [-0.05, 0) is 19.4 Å². The zero-order chi connectivity index (χ0) is 12.1. The second-order valence-electron chi connectivity index (χ2n) is 2.93. The Bertz CT molecular complexity index is 254. The summed E-state index contributed by atoms with van der Waals surface area (Å²) < 4.78 is 14.8. The molecule has 0 saturated carbocycles. The van der Waals surface area contributed by atoms with Crippen LogP contribution < -0.4 is 11.5 Å². The highest BCUT2D eigenvalue weighted by molar-refractivity contribution is 7.46. The molecule has 0 saturated heterocycles. The van der Waals surface area contributed by atoms with Crippen LogP contribution in [0, 0.1) is 0 Å². The van der Waals surface area contributed by atoms with Gasteiger partial charge in [0.2, 0.25) is 0 Å². The van der Waals surface area contributed by atoms with Gasteiger partial charge in [-0.3, -0.25) is 9.32 Å². The van der Waals surface area contributed by atoms with E-state index in [1.807, 2.05) is 0 Å². The first kappa shape index (κ1) is 14.5. The molecule has 0 radical (unpaired) electrons. The Hall–Kier alpha value is -0.500. The van der Waals surface area contributed by atoms with Gasteiger partial charge in [0.15, 0.2) is 0 Å². The van der Waals surface area contributed by atoms with Crippen LogP contribution in [-0.2, 0) is 13.9 Å². The smallest absolute Gasteiger partial charge is 0.469 e. The van der Waals surface area contributed by atoms with Crippen LogP contribution in [0.4, 0.5) is 0 Å². The molecule has 2 atom stereocenters. The van der Waals surface area contributed by atoms with Gasteiger partial charge in [-0.1, -0.05) is 0 Å². The van der Waals surface area contributed by atoms with E-state index >= 15 is 0 Å². The van der Waals surface area contributed by atoms with Gasteiger partial charge in [-0.25, -0.2) is 4.57 Å². The van der Waals surface area contributed by atoms with E-state index in [9.17, 15) is 9.36 Å². The van der Waals surface area contributed by atoms with E-state index in [4.69, 9.17) is 26.4 Å². The van der Waals surface area contributed by atoms with Gasteiger partial charge >= 0.3 is 13.8 Å². The normalized spacial score (nSPS) is 16.0. The number of carbonyl (C=O) groups is 1. The first-order valence-corrected chi connectivity index (χ1v) is 5.73. The van der Waals surface area contributed by atoms with Gasteiger partial charge in [0.25, 0.3) is 0 Å². The number of phosphoric acid groups is 1. The standard InChI is InChI=1S/C6H15N2O6P/c7-3-1-2-4(5(8)6(9)10)14-15(11,12)13/h4-5H,1-3,7-8H2,(H,9,10)(H2,11,12,13)/t4?,5-/m0/s1. The lowest BCUT2D eigenvalue weighted by Crippen LogP contribution is -2.43. The Morgan fingerprint density at radius 2 is 2.00 bits per heavy atom. The Kier molecular flexibility index (Phi) is 5.96. The quantitative estimate of drug-likeness (QED) is 0.342. The van der Waals surface area contributed by atoms with Gasteiger partial charge in [-0.15, -0.1) is 0 Å². The van der Waals surface area contributed by atoms with Crippen LogP contribution in [0.3, 0.4) is 0 Å². The molecule has 90 valence electrons. The number of carboxylic acids is 1. The summed E-state index contributed by atoms with van der Waals surface area (Å²) in [5.41, 5.74) is 10.4. The largest absolute Gasteiger partial charge is 0.480 e. The number of rotatable bonds is 7. The van der Waals surface area contributed by atoms with Gasteiger partial charge in [0.1, 0.15) is 6.04 Å². The maximum absolute atomic E-state index is 10.5. The third-order valence-corrected chi connectivity index (χ3v) is 2.20. The molecular formula is C6H15N2O6P. The van der Waals surface area contributed by atoms with Crippen LogP contribution in [0.15, 0.2) is 0 Å². The molecule has 0 bridgehead atoms. The average molecular weight is 242 g/mol. The van der Waals surface area contributed by atoms with Crippen molar-refractivity contribution in [3.05, 3.63) is 0 Å². The molecule has 9 heteroatoms. The molecule has 0 heterocycles. The Balaban J connectivity index is 4.43. The zero-order valence-corrected chi connectivity index (χ0v) is 8.84. The Labute approximate surface area is 86.5 Å². The number of phosphoric ester groups is 1. The molecule has 15 heavy (non-hydrogen) atoms. The van der Waals surface area contributed by atoms with Crippen LogP contribution in [0.25, 0.3) is 0 Å². The summed E-state index contributed by atoms with van der Waals surface area (Å²) in [7, 11) is -4.74. The predicted molar refractivity (Wildman–Crippen MR) is 50.8 cm³/mol. The van der Waals surface area contributed by atoms with E-state index in [0.717, 1.165) is 0 Å². The van der Waals surface area contributed by atoms with Crippen molar-refractivity contribution in [2.45, 2.75) is 25.0 Å². The van der Waals surface area contributed by atoms with Crippen molar-refractivity contribution in [3.63, 3.8) is 0 Å². The van der Waals surface area contributed by atoms with Crippen molar-refractivity contribution >= 4 is 13.8 Å². The van der Waals surface area contributed by atoms with Gasteiger partial charge in [0.05, 0.1) is 6.10 Å². The molecule has 0 aliphatic carbocycles. The molecule has 0 aliphatic heterocycles. The van der Waals surface area contributed by atoms with Crippen molar-refractivity contribution in [3.8, 4) is 0 Å². The van der Waals surface area contributed by atoms with E-state index < -0.39 is 25.9 Å². The Morgan fingerprint density at radius 3 is 2.33 bits per heavy atom. The third-order valence-electron chi connectivity index (χ3n) is 1.65. The molecular weight excluding hydrogens is 227 g/mol. The zero-order valence-electron chi connectivity index (χ0n) is 7.94. The maximum Gasteiger partial charge on any atom is 0.469 e. The average Bonchev–Trinajstić information content (AvgIpc) is 2.09. The molecule has 0 spiro atoms. The second-order valence-corrected chi connectivity index (χ2v) is 4.12. The number of carboxylic acid groups (broad SMARTS) is 1. The molecule has 0 fully saturated rings. The van der Waals surface area contributed by atoms with E-state index in [1.165, 1.54) is 0 Å². The first-order valence-electron chi connectivity index (χ1n) is 4.20. The number of aliphatic carboxylic acids is 1. The van der Waals surface area contributed by atoms with Crippen LogP contribution in [0.2, 0.25) is 0 Å². The molecule has 0 aromatic rings. The fraction of sp³-hybridized carbons (Fsp3) is 0.833. The van der Waals surface area contributed by atoms with Crippen molar-refractivity contribution in [1.29, 1.82) is 0 Å². The summed E-state index contributed by atoms with van der Waals surface area (Å²) in [5, 5.41) is 8.56. The lowest BCUT2D eigenvalue weighted by molar-refractivity contribution is -0.141. The SMILES string of the molecule is NCCCC(OP(=O)(O)O)[C@H](N)C(=O)O. The summed E-state index contributed by atoms with van der Waals surface area (Å²) in [4.78, 5) is 27.6. The molecule has 8 nitrogen and oxygen atoms in total. The van der Waals surface area contributed by atoms with Crippen molar-refractivity contribution in [1.82, 2.24) is 0 Å². The number of hydrogen-bond acceptors (Lipinski definition) is 5. The molecule has 0 aromatic heterocycles. The monoisotopic (exact) mass is 242 g/mol. The lowest BCUT2D eigenvalue weighted by atomic mass is 10.1. The van der Waals surface area contributed by atoms with Crippen LogP contribution in [0.1, 0.15) is 12.8 Å². The van der Waals surface area contributed by atoms with Crippen molar-refractivity contribution in [2.75, 3.05) is 6.54 Å². The summed E-state index contributed by atoms with van der Waals surface area (Å²) in [6.45, 7) is 0.257. The topological polar surface area (TPSA) is 156 Å². The summed E-state index contributed by atoms with van der Waals surface area (Å²) in [6.07, 6.45) is -0.798. The first-order chi connectivity index (χ1) is 6.78. The van der Waals surface area contributed by atoms with Gasteiger partial charge in [-0.2, -0.15) is 0 Å². The van der Waals surface area contributed by atoms with E-state index in [0.29, 0.717) is 6.42 Å². The minimum absolute atomic E-state index is 0.0784. The van der Waals surface area contributed by atoms with Crippen LogP contribution >= 0.6 is 7.82 Å². The molecule has 0 amide bonds. The molecule has 0 rings (SSSR count). The highest BCUT2D eigenvalue weighted by Gasteiger charge is 2.30. The third kappa shape index (κ3) is 6.56. The molecule has 7 N–H and O–H groups in total. The second kappa shape index (κ2) is 6.16. The van der Waals surface area contributed by atoms with E-state index in [1.54, 1.807) is 0 Å². The molecule has 0 aromatic carbocycles. The van der Waals surface area contributed by atoms with Crippen LogP contribution in [0.5, 0.6) is 0 Å². The summed E-state index contributed by atoms with van der Waals surface area (Å²) in [6, 6.07) is -1.48. The minimum Gasteiger partial charge on any atom is -0.480 e. The maximum atomic E-state index is 10.5. The van der Waals surface area contributed by atoms with Crippen molar-refractivity contribution < 1.29 is 28.8 Å². The highest BCUT2D eigenvalue weighted by atomic mass is 31.2. The fourth-order valence-electron chi connectivity index (χ4n) is 0.952. The van der Waals surface area contributed by atoms with E-state index in [-0.39, 0.29) is 13.0 Å².